The van der Waals surface area contributed by atoms with E-state index in [9.17, 15) is 4.79 Å². The van der Waals surface area contributed by atoms with Crippen LogP contribution in [0.25, 0.3) is 0 Å². The number of rotatable bonds is 1. The molecule has 0 atom stereocenters. The number of benzene rings is 1. The summed E-state index contributed by atoms with van der Waals surface area (Å²) in [5.41, 5.74) is 2.52. The van der Waals surface area contributed by atoms with Crippen LogP contribution in [0.1, 0.15) is 17.5 Å². The van der Waals surface area contributed by atoms with E-state index in [-0.39, 0.29) is 5.91 Å². The van der Waals surface area contributed by atoms with Gasteiger partial charge in [0.25, 0.3) is 0 Å². The van der Waals surface area contributed by atoms with E-state index in [0.29, 0.717) is 13.0 Å². The van der Waals surface area contributed by atoms with Gasteiger partial charge in [0.15, 0.2) is 0 Å². The maximum absolute atomic E-state index is 11.6. The van der Waals surface area contributed by atoms with Crippen molar-refractivity contribution in [2.24, 2.45) is 0 Å². The lowest BCUT2D eigenvalue weighted by molar-refractivity contribution is -0.128. The summed E-state index contributed by atoms with van der Waals surface area (Å²) < 4.78 is 0. The second kappa shape index (κ2) is 3.66. The molecule has 1 amide bonds. The Kier molecular flexibility index (Phi) is 2.35. The van der Waals surface area contributed by atoms with Gasteiger partial charge in [0.1, 0.15) is 0 Å². The number of aryl methyl sites for hydroxylation is 1. The Morgan fingerprint density at radius 1 is 1.21 bits per heavy atom. The van der Waals surface area contributed by atoms with Gasteiger partial charge in [-0.2, -0.15) is 0 Å². The largest absolute Gasteiger partial charge is 0.315 e. The monoisotopic (exact) mass is 187 g/mol. The van der Waals surface area contributed by atoms with Crippen LogP contribution >= 0.6 is 0 Å². The Labute approximate surface area is 83.8 Å². The zero-order valence-electron chi connectivity index (χ0n) is 8.07. The molecule has 2 heteroatoms. The molecule has 2 rings (SSSR count). The van der Waals surface area contributed by atoms with Crippen LogP contribution in [0, 0.1) is 0 Å². The van der Waals surface area contributed by atoms with Crippen LogP contribution < -0.4 is 0 Å². The topological polar surface area (TPSA) is 20.3 Å². The van der Waals surface area contributed by atoms with Gasteiger partial charge in [-0.15, -0.1) is 0 Å². The van der Waals surface area contributed by atoms with Gasteiger partial charge in [0.05, 0.1) is 6.54 Å². The van der Waals surface area contributed by atoms with Crippen molar-refractivity contribution in [3.8, 4) is 0 Å². The number of hydrogen-bond donors (Lipinski definition) is 0. The van der Waals surface area contributed by atoms with E-state index >= 15 is 0 Å². The molecule has 0 spiro atoms. The Balaban J connectivity index is 2.35. The first-order chi connectivity index (χ1) is 6.81. The minimum atomic E-state index is 0.163. The van der Waals surface area contributed by atoms with Crippen LogP contribution in [0.3, 0.4) is 0 Å². The molecule has 1 aromatic rings. The number of carbonyl (C=O) groups excluding carboxylic acids is 1. The highest BCUT2D eigenvalue weighted by atomic mass is 16.2. The van der Waals surface area contributed by atoms with Crippen LogP contribution in [-0.2, 0) is 17.8 Å². The lowest BCUT2D eigenvalue weighted by Crippen LogP contribution is -2.22. The van der Waals surface area contributed by atoms with Gasteiger partial charge in [-0.1, -0.05) is 30.8 Å². The summed E-state index contributed by atoms with van der Waals surface area (Å²) in [6.07, 6.45) is 3.05. The zero-order valence-corrected chi connectivity index (χ0v) is 8.07. The molecule has 0 N–H and O–H groups in total. The lowest BCUT2D eigenvalue weighted by atomic mass is 10.0. The Hall–Kier alpha value is -1.57. The zero-order chi connectivity index (χ0) is 9.97. The highest BCUT2D eigenvalue weighted by molar-refractivity contribution is 5.78. The third-order valence-electron chi connectivity index (χ3n) is 2.61. The van der Waals surface area contributed by atoms with Crippen molar-refractivity contribution >= 4 is 5.91 Å². The molecule has 1 heterocycles. The lowest BCUT2D eigenvalue weighted by Gasteiger charge is -2.15. The van der Waals surface area contributed by atoms with Crippen LogP contribution in [0.2, 0.25) is 0 Å². The Morgan fingerprint density at radius 3 is 2.64 bits per heavy atom. The maximum atomic E-state index is 11.6. The fraction of sp³-hybridized carbons (Fsp3) is 0.250. The van der Waals surface area contributed by atoms with Crippen LogP contribution in [-0.4, -0.2) is 10.8 Å². The smallest absolute Gasteiger partial charge is 0.227 e. The molecule has 0 bridgehead atoms. The van der Waals surface area contributed by atoms with Crippen molar-refractivity contribution in [3.05, 3.63) is 48.2 Å². The molecule has 0 saturated heterocycles. The van der Waals surface area contributed by atoms with Crippen LogP contribution in [0.15, 0.2) is 37.0 Å². The van der Waals surface area contributed by atoms with Gasteiger partial charge in [-0.05, 0) is 23.7 Å². The van der Waals surface area contributed by atoms with E-state index in [2.05, 4.69) is 18.7 Å². The molecule has 0 unspecified atom stereocenters. The average molecular weight is 187 g/mol. The first kappa shape index (κ1) is 9.00. The third-order valence-corrected chi connectivity index (χ3v) is 2.61. The summed E-state index contributed by atoms with van der Waals surface area (Å²) in [6.45, 7) is 4.32. The molecule has 1 aliphatic heterocycles. The highest BCUT2D eigenvalue weighted by Crippen LogP contribution is 2.18. The van der Waals surface area contributed by atoms with Gasteiger partial charge >= 0.3 is 0 Å². The number of hydrogen-bond acceptors (Lipinski definition) is 1. The number of carbonyl (C=O) groups is 1. The predicted molar refractivity (Wildman–Crippen MR) is 55.5 cm³/mol. The molecular formula is C12H13NO. The molecule has 72 valence electrons. The Bertz CT molecular complexity index is 370. The second-order valence-electron chi connectivity index (χ2n) is 3.47. The van der Waals surface area contributed by atoms with E-state index in [0.717, 1.165) is 6.42 Å². The van der Waals surface area contributed by atoms with Gasteiger partial charge in [0, 0.05) is 6.42 Å². The molecule has 1 aliphatic rings. The van der Waals surface area contributed by atoms with Crippen molar-refractivity contribution in [1.29, 1.82) is 0 Å². The van der Waals surface area contributed by atoms with E-state index < -0.39 is 0 Å². The molecular weight excluding hydrogens is 174 g/mol. The molecule has 0 aromatic heterocycles. The highest BCUT2D eigenvalue weighted by Gasteiger charge is 2.17. The van der Waals surface area contributed by atoms with Crippen LogP contribution in [0.4, 0.5) is 0 Å². The standard InChI is InChI=1S/C12H13NO/c1-2-13-9-11-6-4-3-5-10(11)7-8-12(13)14/h2-6H,1,7-9H2. The van der Waals surface area contributed by atoms with Crippen LogP contribution in [0.5, 0.6) is 0 Å². The minimum absolute atomic E-state index is 0.163. The SMILES string of the molecule is C=CN1Cc2ccccc2CCC1=O. The first-order valence-electron chi connectivity index (χ1n) is 4.80. The van der Waals surface area contributed by atoms with Crippen molar-refractivity contribution in [3.63, 3.8) is 0 Å². The summed E-state index contributed by atoms with van der Waals surface area (Å²) >= 11 is 0. The van der Waals surface area contributed by atoms with Gasteiger partial charge < -0.3 is 4.90 Å². The Morgan fingerprint density at radius 2 is 1.93 bits per heavy atom. The number of amides is 1. The second-order valence-corrected chi connectivity index (χ2v) is 3.47. The summed E-state index contributed by atoms with van der Waals surface area (Å²) in [6, 6.07) is 8.20. The maximum Gasteiger partial charge on any atom is 0.227 e. The molecule has 0 aliphatic carbocycles. The molecule has 0 radical (unpaired) electrons. The number of nitrogens with zero attached hydrogens (tertiary/aromatic N) is 1. The average Bonchev–Trinajstić information content (AvgIpc) is 2.38. The molecule has 1 aromatic carbocycles. The van der Waals surface area contributed by atoms with E-state index in [1.54, 1.807) is 11.1 Å². The van der Waals surface area contributed by atoms with Crippen molar-refractivity contribution < 1.29 is 4.79 Å². The van der Waals surface area contributed by atoms with Crippen molar-refractivity contribution in [2.45, 2.75) is 19.4 Å². The van der Waals surface area contributed by atoms with E-state index in [1.165, 1.54) is 11.1 Å². The van der Waals surface area contributed by atoms with Gasteiger partial charge in [-0.25, -0.2) is 0 Å². The summed E-state index contributed by atoms with van der Waals surface area (Å²) in [5, 5.41) is 0. The third kappa shape index (κ3) is 1.55. The van der Waals surface area contributed by atoms with Gasteiger partial charge in [-0.3, -0.25) is 4.79 Å². The van der Waals surface area contributed by atoms with E-state index in [1.807, 2.05) is 12.1 Å². The summed E-state index contributed by atoms with van der Waals surface area (Å²) in [7, 11) is 0. The fourth-order valence-corrected chi connectivity index (χ4v) is 1.78. The molecule has 2 nitrogen and oxygen atoms in total. The fourth-order valence-electron chi connectivity index (χ4n) is 1.78. The molecule has 0 fully saturated rings. The normalized spacial score (nSPS) is 16.0. The number of fused-ring (bicyclic) bond motifs is 1. The van der Waals surface area contributed by atoms with E-state index in [4.69, 9.17) is 0 Å². The molecule has 0 saturated carbocycles. The van der Waals surface area contributed by atoms with Crippen molar-refractivity contribution in [1.82, 2.24) is 4.90 Å². The first-order valence-corrected chi connectivity index (χ1v) is 4.80. The van der Waals surface area contributed by atoms with Gasteiger partial charge in [0.2, 0.25) is 5.91 Å². The summed E-state index contributed by atoms with van der Waals surface area (Å²) in [4.78, 5) is 13.3. The van der Waals surface area contributed by atoms with Crippen molar-refractivity contribution in [2.75, 3.05) is 0 Å². The predicted octanol–water partition coefficient (Wildman–Crippen LogP) is 2.10. The quantitative estimate of drug-likeness (QED) is 0.659. The summed E-state index contributed by atoms with van der Waals surface area (Å²) in [5.74, 6) is 0.163. The minimum Gasteiger partial charge on any atom is -0.315 e. The molecule has 14 heavy (non-hydrogen) atoms.